The summed E-state index contributed by atoms with van der Waals surface area (Å²) in [6.45, 7) is 3.86. The largest absolute Gasteiger partial charge is 0.490 e. The number of urea groups is 1. The summed E-state index contributed by atoms with van der Waals surface area (Å²) in [5, 5.41) is 2.92. The Morgan fingerprint density at radius 1 is 1.30 bits per heavy atom. The third-order valence-corrected chi connectivity index (χ3v) is 4.04. The molecule has 1 fully saturated rings. The first-order valence-electron chi connectivity index (χ1n) is 7.88. The highest BCUT2D eigenvalue weighted by atomic mass is 16.5. The lowest BCUT2D eigenvalue weighted by Crippen LogP contribution is -2.55. The number of carbonyl (C=O) groups is 1. The molecule has 1 N–H and O–H groups in total. The third kappa shape index (κ3) is 3.62. The Labute approximate surface area is 136 Å². The molecule has 2 atom stereocenters. The number of ether oxygens (including phenoxy) is 1. The molecular weight excluding hydrogens is 290 g/mol. The van der Waals surface area contributed by atoms with Gasteiger partial charge in [0.25, 0.3) is 0 Å². The highest BCUT2D eigenvalue weighted by molar-refractivity contribution is 5.75. The molecule has 0 spiro atoms. The maximum atomic E-state index is 12.3. The second-order valence-corrected chi connectivity index (χ2v) is 5.75. The van der Waals surface area contributed by atoms with E-state index >= 15 is 0 Å². The molecule has 5 heteroatoms. The third-order valence-electron chi connectivity index (χ3n) is 4.04. The van der Waals surface area contributed by atoms with E-state index in [1.54, 1.807) is 12.4 Å². The van der Waals surface area contributed by atoms with Crippen molar-refractivity contribution in [3.05, 3.63) is 60.4 Å². The zero-order valence-electron chi connectivity index (χ0n) is 13.2. The molecule has 2 amide bonds. The number of hydrogen-bond donors (Lipinski definition) is 1. The highest BCUT2D eigenvalue weighted by Gasteiger charge is 2.39. The smallest absolute Gasteiger partial charge is 0.318 e. The molecule has 5 nitrogen and oxygen atoms in total. The van der Waals surface area contributed by atoms with E-state index in [1.165, 1.54) is 5.56 Å². The van der Waals surface area contributed by atoms with Gasteiger partial charge < -0.3 is 15.0 Å². The molecule has 0 saturated carbocycles. The fourth-order valence-corrected chi connectivity index (χ4v) is 2.92. The number of carbonyl (C=O) groups excluding carboxylic acids is 1. The van der Waals surface area contributed by atoms with Crippen molar-refractivity contribution in [1.82, 2.24) is 15.2 Å². The monoisotopic (exact) mass is 311 g/mol. The van der Waals surface area contributed by atoms with Crippen LogP contribution >= 0.6 is 0 Å². The zero-order valence-corrected chi connectivity index (χ0v) is 13.2. The fraction of sp³-hybridized carbons (Fsp3) is 0.333. The summed E-state index contributed by atoms with van der Waals surface area (Å²) < 4.78 is 5.52. The topological polar surface area (TPSA) is 54.5 Å². The molecule has 2 aromatic rings. The number of likely N-dealkylation sites (tertiary alicyclic amines) is 1. The van der Waals surface area contributed by atoms with Crippen LogP contribution in [0.2, 0.25) is 0 Å². The van der Waals surface area contributed by atoms with E-state index in [4.69, 9.17) is 4.74 Å². The quantitative estimate of drug-likeness (QED) is 0.864. The predicted molar refractivity (Wildman–Crippen MR) is 88.2 cm³/mol. The zero-order chi connectivity index (χ0) is 16.1. The number of hydrogen-bond acceptors (Lipinski definition) is 3. The van der Waals surface area contributed by atoms with E-state index in [2.05, 4.69) is 29.4 Å². The SMILES string of the molecule is C[C@@H]1CN(C(=O)NCCOc2cccnc2)[C@@H]1c1ccccc1. The summed E-state index contributed by atoms with van der Waals surface area (Å²) in [5.41, 5.74) is 1.19. The number of amides is 2. The molecule has 23 heavy (non-hydrogen) atoms. The second-order valence-electron chi connectivity index (χ2n) is 5.75. The Bertz CT molecular complexity index is 633. The van der Waals surface area contributed by atoms with Crippen LogP contribution in [0.15, 0.2) is 54.9 Å². The van der Waals surface area contributed by atoms with Crippen molar-refractivity contribution >= 4 is 6.03 Å². The van der Waals surface area contributed by atoms with Crippen molar-refractivity contribution in [2.45, 2.75) is 13.0 Å². The Hall–Kier alpha value is -2.56. The molecule has 0 aliphatic carbocycles. The Morgan fingerprint density at radius 2 is 2.13 bits per heavy atom. The maximum Gasteiger partial charge on any atom is 0.318 e. The van der Waals surface area contributed by atoms with E-state index < -0.39 is 0 Å². The molecule has 0 radical (unpaired) electrons. The van der Waals surface area contributed by atoms with Crippen LogP contribution in [0.5, 0.6) is 5.75 Å². The van der Waals surface area contributed by atoms with Crippen LogP contribution in [-0.4, -0.2) is 35.6 Å². The normalized spacial score (nSPS) is 19.8. The first-order valence-corrected chi connectivity index (χ1v) is 7.88. The van der Waals surface area contributed by atoms with Gasteiger partial charge in [-0.15, -0.1) is 0 Å². The molecule has 120 valence electrons. The molecule has 2 heterocycles. The molecule has 1 aromatic heterocycles. The number of rotatable bonds is 5. The number of nitrogens with zero attached hydrogens (tertiary/aromatic N) is 2. The maximum absolute atomic E-state index is 12.3. The van der Waals surface area contributed by atoms with Crippen molar-refractivity contribution in [3.8, 4) is 5.75 Å². The van der Waals surface area contributed by atoms with Gasteiger partial charge in [-0.25, -0.2) is 4.79 Å². The van der Waals surface area contributed by atoms with Gasteiger partial charge >= 0.3 is 6.03 Å². The second kappa shape index (κ2) is 7.13. The number of benzene rings is 1. The molecule has 3 rings (SSSR count). The minimum absolute atomic E-state index is 0.0354. The van der Waals surface area contributed by atoms with E-state index in [0.29, 0.717) is 24.8 Å². The van der Waals surface area contributed by atoms with Gasteiger partial charge in [0.2, 0.25) is 0 Å². The predicted octanol–water partition coefficient (Wildman–Crippen LogP) is 2.86. The molecular formula is C18H21N3O2. The molecule has 0 unspecified atom stereocenters. The highest BCUT2D eigenvalue weighted by Crippen LogP contribution is 2.38. The Morgan fingerprint density at radius 3 is 2.83 bits per heavy atom. The molecule has 1 aromatic carbocycles. The number of aromatic nitrogens is 1. The number of pyridine rings is 1. The molecule has 1 aliphatic rings. The first kappa shape index (κ1) is 15.3. The fourth-order valence-electron chi connectivity index (χ4n) is 2.92. The molecule has 1 aliphatic heterocycles. The van der Waals surface area contributed by atoms with Crippen LogP contribution < -0.4 is 10.1 Å². The van der Waals surface area contributed by atoms with Gasteiger partial charge in [0.05, 0.1) is 18.8 Å². The van der Waals surface area contributed by atoms with Crippen molar-refractivity contribution < 1.29 is 9.53 Å². The summed E-state index contributed by atoms with van der Waals surface area (Å²) >= 11 is 0. The van der Waals surface area contributed by atoms with Gasteiger partial charge in [0, 0.05) is 12.7 Å². The van der Waals surface area contributed by atoms with Gasteiger partial charge in [-0.05, 0) is 23.6 Å². The lowest BCUT2D eigenvalue weighted by Gasteiger charge is -2.46. The lowest BCUT2D eigenvalue weighted by atomic mass is 9.85. The lowest BCUT2D eigenvalue weighted by molar-refractivity contribution is 0.0588. The Kier molecular flexibility index (Phi) is 4.76. The van der Waals surface area contributed by atoms with Gasteiger partial charge in [-0.2, -0.15) is 0 Å². The van der Waals surface area contributed by atoms with E-state index in [9.17, 15) is 4.79 Å². The minimum atomic E-state index is -0.0354. The molecule has 1 saturated heterocycles. The van der Waals surface area contributed by atoms with E-state index in [0.717, 1.165) is 6.54 Å². The average Bonchev–Trinajstić information content (AvgIpc) is 2.58. The van der Waals surface area contributed by atoms with Crippen molar-refractivity contribution in [3.63, 3.8) is 0 Å². The van der Waals surface area contributed by atoms with Gasteiger partial charge in [-0.1, -0.05) is 37.3 Å². The van der Waals surface area contributed by atoms with Crippen LogP contribution in [0.4, 0.5) is 4.79 Å². The summed E-state index contributed by atoms with van der Waals surface area (Å²) in [6, 6.07) is 14.0. The van der Waals surface area contributed by atoms with Crippen molar-refractivity contribution in [1.29, 1.82) is 0 Å². The van der Waals surface area contributed by atoms with E-state index in [-0.39, 0.29) is 12.1 Å². The average molecular weight is 311 g/mol. The summed E-state index contributed by atoms with van der Waals surface area (Å²) in [6.07, 6.45) is 3.35. The van der Waals surface area contributed by atoms with Gasteiger partial charge in [0.15, 0.2) is 0 Å². The summed E-state index contributed by atoms with van der Waals surface area (Å²) in [5.74, 6) is 1.19. The van der Waals surface area contributed by atoms with Crippen LogP contribution in [0.3, 0.4) is 0 Å². The minimum Gasteiger partial charge on any atom is -0.490 e. The molecule has 0 bridgehead atoms. The van der Waals surface area contributed by atoms with Crippen molar-refractivity contribution in [2.24, 2.45) is 5.92 Å². The van der Waals surface area contributed by atoms with Crippen LogP contribution in [0, 0.1) is 5.92 Å². The van der Waals surface area contributed by atoms with Crippen LogP contribution in [0.1, 0.15) is 18.5 Å². The Balaban J connectivity index is 1.47. The summed E-state index contributed by atoms with van der Waals surface area (Å²) in [7, 11) is 0. The van der Waals surface area contributed by atoms with Crippen molar-refractivity contribution in [2.75, 3.05) is 19.7 Å². The van der Waals surface area contributed by atoms with Crippen LogP contribution in [0.25, 0.3) is 0 Å². The van der Waals surface area contributed by atoms with Gasteiger partial charge in [0.1, 0.15) is 12.4 Å². The van der Waals surface area contributed by atoms with Crippen LogP contribution in [-0.2, 0) is 0 Å². The standard InChI is InChI=1S/C18H21N3O2/c1-14-13-21(17(14)15-6-3-2-4-7-15)18(22)20-10-11-23-16-8-5-9-19-12-16/h2-9,12,14,17H,10-11,13H2,1H3,(H,20,22)/t14-,17+/m1/s1. The first-order chi connectivity index (χ1) is 11.3. The van der Waals surface area contributed by atoms with E-state index in [1.807, 2.05) is 35.2 Å². The number of nitrogens with one attached hydrogen (secondary N) is 1. The summed E-state index contributed by atoms with van der Waals surface area (Å²) in [4.78, 5) is 18.2. The van der Waals surface area contributed by atoms with Gasteiger partial charge in [-0.3, -0.25) is 4.98 Å².